The van der Waals surface area contributed by atoms with Crippen LogP contribution in [0.25, 0.3) is 11.0 Å². The van der Waals surface area contributed by atoms with Crippen LogP contribution in [0.5, 0.6) is 0 Å². The maximum absolute atomic E-state index is 14.8. The first kappa shape index (κ1) is 30.3. The van der Waals surface area contributed by atoms with E-state index in [9.17, 15) is 19.5 Å². The molecule has 3 aliphatic rings. The van der Waals surface area contributed by atoms with E-state index in [1.807, 2.05) is 38.1 Å². The maximum Gasteiger partial charge on any atom is 0.248 e. The molecule has 1 N–H and O–H groups in total. The SMILES string of the molecule is C=CCN(Cn1nnc2ccccc21)C(=O)C1N([C@@H](CC)CO)C(=O)[C@@H]2[C@H](C(=O)N(CC=C)CCC)[C@@H]3CC(C)C12S3. The second-order valence-electron chi connectivity index (χ2n) is 11.7. The van der Waals surface area contributed by atoms with Gasteiger partial charge in [-0.25, -0.2) is 4.68 Å². The van der Waals surface area contributed by atoms with Crippen LogP contribution < -0.4 is 0 Å². The van der Waals surface area contributed by atoms with Gasteiger partial charge in [0.1, 0.15) is 18.2 Å². The zero-order valence-corrected chi connectivity index (χ0v) is 25.6. The Balaban J connectivity index is 1.57. The van der Waals surface area contributed by atoms with Crippen molar-refractivity contribution >= 4 is 40.5 Å². The summed E-state index contributed by atoms with van der Waals surface area (Å²) in [6, 6.07) is 6.20. The van der Waals surface area contributed by atoms with E-state index in [1.54, 1.807) is 43.3 Å². The smallest absolute Gasteiger partial charge is 0.248 e. The third kappa shape index (κ3) is 4.65. The Kier molecular flexibility index (Phi) is 8.80. The molecule has 0 saturated carbocycles. The number of nitrogens with zero attached hydrogens (tertiary/aromatic N) is 6. The molecule has 3 unspecified atom stereocenters. The van der Waals surface area contributed by atoms with Gasteiger partial charge in [-0.1, -0.05) is 50.3 Å². The first-order valence-electron chi connectivity index (χ1n) is 15.0. The summed E-state index contributed by atoms with van der Waals surface area (Å²) in [5.41, 5.74) is 1.52. The Hall–Kier alpha value is -3.18. The van der Waals surface area contributed by atoms with E-state index in [2.05, 4.69) is 30.4 Å². The fourth-order valence-corrected chi connectivity index (χ4v) is 9.88. The third-order valence-corrected chi connectivity index (χ3v) is 11.4. The molecule has 11 heteroatoms. The number of carbonyl (C=O) groups excluding carboxylic acids is 3. The van der Waals surface area contributed by atoms with E-state index in [1.165, 1.54) is 0 Å². The number of amides is 3. The van der Waals surface area contributed by atoms with Crippen molar-refractivity contribution in [1.29, 1.82) is 0 Å². The van der Waals surface area contributed by atoms with Crippen LogP contribution in [0.1, 0.15) is 40.0 Å². The van der Waals surface area contributed by atoms with Crippen LogP contribution in [0.15, 0.2) is 49.6 Å². The lowest BCUT2D eigenvalue weighted by Crippen LogP contribution is -2.59. The zero-order valence-electron chi connectivity index (χ0n) is 24.8. The molecule has 1 aromatic carbocycles. The summed E-state index contributed by atoms with van der Waals surface area (Å²) in [6.45, 7) is 14.9. The number of likely N-dealkylation sites (tertiary alicyclic amines) is 1. The molecule has 42 heavy (non-hydrogen) atoms. The number of aliphatic hydroxyl groups is 1. The van der Waals surface area contributed by atoms with Gasteiger partial charge >= 0.3 is 0 Å². The number of aromatic nitrogens is 3. The molecule has 7 atom stereocenters. The Morgan fingerprint density at radius 1 is 1.19 bits per heavy atom. The average molecular weight is 595 g/mol. The van der Waals surface area contributed by atoms with Gasteiger partial charge in [-0.3, -0.25) is 14.4 Å². The number of fused-ring (bicyclic) bond motifs is 2. The quantitative estimate of drug-likeness (QED) is 0.355. The summed E-state index contributed by atoms with van der Waals surface area (Å²) >= 11 is 1.65. The highest BCUT2D eigenvalue weighted by Crippen LogP contribution is 2.69. The van der Waals surface area contributed by atoms with Crippen LogP contribution in [0.2, 0.25) is 0 Å². The van der Waals surface area contributed by atoms with Gasteiger partial charge in [0.25, 0.3) is 0 Å². The monoisotopic (exact) mass is 594 g/mol. The molecule has 2 bridgehead atoms. The Labute approximate surface area is 251 Å². The van der Waals surface area contributed by atoms with Crippen LogP contribution in [-0.2, 0) is 21.1 Å². The summed E-state index contributed by atoms with van der Waals surface area (Å²) < 4.78 is 0.904. The predicted octanol–water partition coefficient (Wildman–Crippen LogP) is 2.94. The molecule has 4 heterocycles. The lowest BCUT2D eigenvalue weighted by molar-refractivity contribution is -0.147. The molecule has 1 spiro atoms. The van der Waals surface area contributed by atoms with Gasteiger partial charge in [0.05, 0.1) is 34.7 Å². The van der Waals surface area contributed by atoms with E-state index in [4.69, 9.17) is 0 Å². The minimum Gasteiger partial charge on any atom is -0.394 e. The van der Waals surface area contributed by atoms with E-state index in [-0.39, 0.29) is 48.7 Å². The van der Waals surface area contributed by atoms with E-state index < -0.39 is 28.7 Å². The van der Waals surface area contributed by atoms with Crippen LogP contribution in [-0.4, -0.2) is 101 Å². The largest absolute Gasteiger partial charge is 0.394 e. The van der Waals surface area contributed by atoms with Gasteiger partial charge in [0.15, 0.2) is 0 Å². The fraction of sp³-hybridized carbons (Fsp3) is 0.581. The summed E-state index contributed by atoms with van der Waals surface area (Å²) in [5.74, 6) is -1.59. The third-order valence-electron chi connectivity index (χ3n) is 9.32. The molecule has 226 valence electrons. The van der Waals surface area contributed by atoms with Crippen molar-refractivity contribution in [3.63, 3.8) is 0 Å². The summed E-state index contributed by atoms with van der Waals surface area (Å²) in [6.07, 6.45) is 5.43. The Bertz CT molecular complexity index is 1360. The van der Waals surface area contributed by atoms with Crippen LogP contribution in [0.4, 0.5) is 0 Å². The van der Waals surface area contributed by atoms with Gasteiger partial charge in [-0.05, 0) is 37.3 Å². The first-order chi connectivity index (χ1) is 20.3. The molecule has 0 radical (unpaired) electrons. The van der Waals surface area contributed by atoms with Crippen LogP contribution >= 0.6 is 11.8 Å². The number of rotatable bonds is 13. The second kappa shape index (κ2) is 12.2. The van der Waals surface area contributed by atoms with E-state index >= 15 is 0 Å². The van der Waals surface area contributed by atoms with Gasteiger partial charge in [0, 0.05) is 24.9 Å². The maximum atomic E-state index is 14.8. The minimum atomic E-state index is -0.830. The molecule has 5 rings (SSSR count). The van der Waals surface area contributed by atoms with Crippen molar-refractivity contribution in [2.45, 2.75) is 68.8 Å². The summed E-state index contributed by atoms with van der Waals surface area (Å²) in [4.78, 5) is 48.5. The highest BCUT2D eigenvalue weighted by molar-refractivity contribution is 8.02. The van der Waals surface area contributed by atoms with Gasteiger partial charge in [-0.15, -0.1) is 30.0 Å². The molecule has 1 aromatic heterocycles. The van der Waals surface area contributed by atoms with Gasteiger partial charge in [0.2, 0.25) is 17.7 Å². The highest BCUT2D eigenvalue weighted by atomic mass is 32.2. The van der Waals surface area contributed by atoms with Crippen molar-refractivity contribution in [3.05, 3.63) is 49.6 Å². The zero-order chi connectivity index (χ0) is 30.2. The number of para-hydroxylation sites is 1. The molecular weight excluding hydrogens is 552 g/mol. The molecule has 2 aromatic rings. The van der Waals surface area contributed by atoms with Crippen molar-refractivity contribution in [2.75, 3.05) is 26.2 Å². The molecule has 3 aliphatic heterocycles. The second-order valence-corrected chi connectivity index (χ2v) is 13.2. The number of thioether (sulfide) groups is 1. The molecule has 3 saturated heterocycles. The summed E-state index contributed by atoms with van der Waals surface area (Å²) in [5, 5.41) is 18.9. The van der Waals surface area contributed by atoms with E-state index in [0.29, 0.717) is 19.5 Å². The fourth-order valence-electron chi connectivity index (χ4n) is 7.49. The normalized spacial score (nSPS) is 28.6. The van der Waals surface area contributed by atoms with Gasteiger partial charge < -0.3 is 19.8 Å². The molecular formula is C31H42N6O4S. The van der Waals surface area contributed by atoms with Crippen molar-refractivity contribution in [1.82, 2.24) is 29.7 Å². The number of carbonyl (C=O) groups is 3. The highest BCUT2D eigenvalue weighted by Gasteiger charge is 2.76. The first-order valence-corrected chi connectivity index (χ1v) is 15.8. The standard InChI is InChI=1S/C31H42N6O4S/c1-6-14-34(15-7-2)28(39)25-24-17-20(5)31(42-24)26(25)29(40)37(21(9-4)18-38)27(31)30(41)35(16-8-3)19-36-23-13-11-10-12-22(23)32-33-36/h6,8,10-13,20-21,24-27,38H,1,3,7,9,14-19H2,2,4-5H3/t20?,21-,24-,25+,26-,27?,31?/m0/s1. The number of hydrogen-bond acceptors (Lipinski definition) is 7. The van der Waals surface area contributed by atoms with Crippen LogP contribution in [0.3, 0.4) is 0 Å². The average Bonchev–Trinajstić information content (AvgIpc) is 3.71. The van der Waals surface area contributed by atoms with E-state index in [0.717, 1.165) is 23.9 Å². The lowest BCUT2D eigenvalue weighted by atomic mass is 9.65. The summed E-state index contributed by atoms with van der Waals surface area (Å²) in [7, 11) is 0. The minimum absolute atomic E-state index is 0.0254. The topological polar surface area (TPSA) is 112 Å². The van der Waals surface area contributed by atoms with Crippen molar-refractivity contribution in [2.24, 2.45) is 17.8 Å². The molecule has 3 fully saturated rings. The number of hydrogen-bond donors (Lipinski definition) is 1. The lowest BCUT2D eigenvalue weighted by Gasteiger charge is -2.42. The van der Waals surface area contributed by atoms with Gasteiger partial charge in [-0.2, -0.15) is 0 Å². The van der Waals surface area contributed by atoms with Crippen LogP contribution in [0, 0.1) is 17.8 Å². The Morgan fingerprint density at radius 3 is 2.57 bits per heavy atom. The van der Waals surface area contributed by atoms with Crippen molar-refractivity contribution in [3.8, 4) is 0 Å². The van der Waals surface area contributed by atoms with Crippen molar-refractivity contribution < 1.29 is 19.5 Å². The molecule has 3 amide bonds. The Morgan fingerprint density at radius 2 is 1.90 bits per heavy atom. The number of benzene rings is 1. The molecule has 0 aliphatic carbocycles. The predicted molar refractivity (Wildman–Crippen MR) is 163 cm³/mol. The number of aliphatic hydroxyl groups excluding tert-OH is 1. The molecule has 10 nitrogen and oxygen atoms in total.